The molecule has 0 bridgehead atoms. The van der Waals surface area contributed by atoms with Gasteiger partial charge in [0.05, 0.1) is 6.10 Å². The molecule has 1 fully saturated rings. The van der Waals surface area contributed by atoms with Crippen LogP contribution >= 0.6 is 0 Å². The number of nitrogens with one attached hydrogen (secondary N) is 1. The van der Waals surface area contributed by atoms with Gasteiger partial charge in [-0.25, -0.2) is 4.98 Å². The summed E-state index contributed by atoms with van der Waals surface area (Å²) in [6.07, 6.45) is 2.38. The lowest BCUT2D eigenvalue weighted by Crippen LogP contribution is -2.42. The number of aliphatic hydroxyl groups excluding tert-OH is 1. The number of anilines is 2. The number of aromatic nitrogens is 2. The Labute approximate surface area is 95.5 Å². The van der Waals surface area contributed by atoms with Gasteiger partial charge in [-0.1, -0.05) is 6.92 Å². The van der Waals surface area contributed by atoms with Crippen molar-refractivity contribution in [1.82, 2.24) is 9.97 Å². The molecule has 1 saturated heterocycles. The standard InChI is InChI=1S/C11H18N4O/c1-8-7-15(6-4-9(8)16)10-3-5-13-11(12-2)14-10/h3,5,8-9,16H,4,6-7H2,1-2H3,(H,12,13,14). The summed E-state index contributed by atoms with van der Waals surface area (Å²) in [5.41, 5.74) is 0. The van der Waals surface area contributed by atoms with Crippen molar-refractivity contribution < 1.29 is 5.11 Å². The zero-order valence-corrected chi connectivity index (χ0v) is 9.72. The van der Waals surface area contributed by atoms with Gasteiger partial charge in [0, 0.05) is 26.3 Å². The highest BCUT2D eigenvalue weighted by Crippen LogP contribution is 2.21. The van der Waals surface area contributed by atoms with Crippen molar-refractivity contribution in [3.8, 4) is 0 Å². The largest absolute Gasteiger partial charge is 0.393 e. The molecular weight excluding hydrogens is 204 g/mol. The van der Waals surface area contributed by atoms with Crippen LogP contribution in [-0.4, -0.2) is 41.3 Å². The Bertz CT molecular complexity index is 358. The van der Waals surface area contributed by atoms with Crippen molar-refractivity contribution in [3.63, 3.8) is 0 Å². The lowest BCUT2D eigenvalue weighted by atomic mass is 9.97. The molecule has 2 N–H and O–H groups in total. The number of hydrogen-bond donors (Lipinski definition) is 2. The highest BCUT2D eigenvalue weighted by atomic mass is 16.3. The Morgan fingerprint density at radius 3 is 3.06 bits per heavy atom. The Kier molecular flexibility index (Phi) is 3.24. The van der Waals surface area contributed by atoms with E-state index in [4.69, 9.17) is 0 Å². The first kappa shape index (κ1) is 11.1. The predicted molar refractivity (Wildman–Crippen MR) is 63.6 cm³/mol. The molecule has 0 aliphatic carbocycles. The maximum Gasteiger partial charge on any atom is 0.224 e. The van der Waals surface area contributed by atoms with Gasteiger partial charge in [-0.2, -0.15) is 4.98 Å². The number of piperidine rings is 1. The summed E-state index contributed by atoms with van der Waals surface area (Å²) in [4.78, 5) is 10.7. The average molecular weight is 222 g/mol. The Morgan fingerprint density at radius 2 is 2.38 bits per heavy atom. The summed E-state index contributed by atoms with van der Waals surface area (Å²) in [5.74, 6) is 1.86. The third-order valence-electron chi connectivity index (χ3n) is 3.05. The van der Waals surface area contributed by atoms with Crippen molar-refractivity contribution >= 4 is 11.8 Å². The molecule has 5 heteroatoms. The van der Waals surface area contributed by atoms with Crippen molar-refractivity contribution in [3.05, 3.63) is 12.3 Å². The summed E-state index contributed by atoms with van der Waals surface area (Å²) in [6, 6.07) is 1.91. The van der Waals surface area contributed by atoms with E-state index in [9.17, 15) is 5.11 Å². The first-order valence-corrected chi connectivity index (χ1v) is 5.64. The second-order valence-corrected chi connectivity index (χ2v) is 4.27. The van der Waals surface area contributed by atoms with Crippen LogP contribution in [0.3, 0.4) is 0 Å². The molecule has 0 radical (unpaired) electrons. The average Bonchev–Trinajstić information content (AvgIpc) is 2.33. The van der Waals surface area contributed by atoms with E-state index < -0.39 is 0 Å². The van der Waals surface area contributed by atoms with Crippen LogP contribution in [0, 0.1) is 5.92 Å². The SMILES string of the molecule is CNc1nccc(N2CCC(O)C(C)C2)n1. The zero-order chi connectivity index (χ0) is 11.5. The van der Waals surface area contributed by atoms with E-state index in [1.807, 2.05) is 13.1 Å². The molecule has 2 rings (SSSR count). The van der Waals surface area contributed by atoms with E-state index in [0.29, 0.717) is 11.9 Å². The van der Waals surface area contributed by atoms with E-state index in [1.165, 1.54) is 0 Å². The third kappa shape index (κ3) is 2.24. The third-order valence-corrected chi connectivity index (χ3v) is 3.05. The summed E-state index contributed by atoms with van der Waals surface area (Å²) in [6.45, 7) is 3.77. The molecule has 5 nitrogen and oxygen atoms in total. The molecule has 2 atom stereocenters. The molecule has 0 aromatic carbocycles. The molecule has 0 amide bonds. The summed E-state index contributed by atoms with van der Waals surface area (Å²) in [5, 5.41) is 12.6. The summed E-state index contributed by atoms with van der Waals surface area (Å²) >= 11 is 0. The molecule has 1 aromatic rings. The molecule has 16 heavy (non-hydrogen) atoms. The van der Waals surface area contributed by atoms with Crippen molar-refractivity contribution in [1.29, 1.82) is 0 Å². The maximum absolute atomic E-state index is 9.67. The van der Waals surface area contributed by atoms with E-state index >= 15 is 0 Å². The van der Waals surface area contributed by atoms with Crippen molar-refractivity contribution in [2.75, 3.05) is 30.4 Å². The summed E-state index contributed by atoms with van der Waals surface area (Å²) in [7, 11) is 1.81. The van der Waals surface area contributed by atoms with Gasteiger partial charge in [0.25, 0.3) is 0 Å². The number of rotatable bonds is 2. The molecule has 1 aliphatic heterocycles. The van der Waals surface area contributed by atoms with Gasteiger partial charge in [0.2, 0.25) is 5.95 Å². The number of nitrogens with zero attached hydrogens (tertiary/aromatic N) is 3. The van der Waals surface area contributed by atoms with E-state index in [-0.39, 0.29) is 6.10 Å². The highest BCUT2D eigenvalue weighted by Gasteiger charge is 2.24. The van der Waals surface area contributed by atoms with Crippen molar-refractivity contribution in [2.45, 2.75) is 19.4 Å². The van der Waals surface area contributed by atoms with E-state index in [2.05, 4.69) is 27.1 Å². The lowest BCUT2D eigenvalue weighted by Gasteiger charge is -2.35. The first-order valence-electron chi connectivity index (χ1n) is 5.64. The van der Waals surface area contributed by atoms with Crippen LogP contribution in [0.25, 0.3) is 0 Å². The second-order valence-electron chi connectivity index (χ2n) is 4.27. The van der Waals surface area contributed by atoms with Gasteiger partial charge in [-0.05, 0) is 18.4 Å². The van der Waals surface area contributed by atoms with E-state index in [0.717, 1.165) is 25.3 Å². The Morgan fingerprint density at radius 1 is 1.56 bits per heavy atom. The van der Waals surface area contributed by atoms with Gasteiger partial charge >= 0.3 is 0 Å². The van der Waals surface area contributed by atoms with Crippen LogP contribution in [-0.2, 0) is 0 Å². The van der Waals surface area contributed by atoms with Crippen LogP contribution in [0.5, 0.6) is 0 Å². The fourth-order valence-electron chi connectivity index (χ4n) is 1.99. The molecule has 1 aromatic heterocycles. The van der Waals surface area contributed by atoms with Gasteiger partial charge in [0.1, 0.15) is 5.82 Å². The van der Waals surface area contributed by atoms with Crippen LogP contribution in [0.1, 0.15) is 13.3 Å². The molecule has 0 saturated carbocycles. The smallest absolute Gasteiger partial charge is 0.224 e. The topological polar surface area (TPSA) is 61.3 Å². The predicted octanol–water partition coefficient (Wildman–Crippen LogP) is 0.725. The molecule has 88 valence electrons. The van der Waals surface area contributed by atoms with Gasteiger partial charge in [0.15, 0.2) is 0 Å². The van der Waals surface area contributed by atoms with Crippen molar-refractivity contribution in [2.24, 2.45) is 5.92 Å². The minimum atomic E-state index is -0.179. The minimum absolute atomic E-state index is 0.179. The fraction of sp³-hybridized carbons (Fsp3) is 0.636. The highest BCUT2D eigenvalue weighted by molar-refractivity contribution is 5.42. The molecule has 2 unspecified atom stereocenters. The Balaban J connectivity index is 2.12. The van der Waals surface area contributed by atoms with Crippen LogP contribution in [0.2, 0.25) is 0 Å². The second kappa shape index (κ2) is 4.65. The number of aliphatic hydroxyl groups is 1. The van der Waals surface area contributed by atoms with Gasteiger partial charge < -0.3 is 15.3 Å². The minimum Gasteiger partial charge on any atom is -0.393 e. The van der Waals surface area contributed by atoms with E-state index in [1.54, 1.807) is 6.20 Å². The van der Waals surface area contributed by atoms with Gasteiger partial charge in [-0.15, -0.1) is 0 Å². The molecule has 0 spiro atoms. The molecule has 2 heterocycles. The summed E-state index contributed by atoms with van der Waals surface area (Å²) < 4.78 is 0. The molecule has 1 aliphatic rings. The maximum atomic E-state index is 9.67. The van der Waals surface area contributed by atoms with Gasteiger partial charge in [-0.3, -0.25) is 0 Å². The van der Waals surface area contributed by atoms with Crippen LogP contribution < -0.4 is 10.2 Å². The lowest BCUT2D eigenvalue weighted by molar-refractivity contribution is 0.0969. The molecular formula is C11H18N4O. The normalized spacial score (nSPS) is 25.6. The zero-order valence-electron chi connectivity index (χ0n) is 9.72. The fourth-order valence-corrected chi connectivity index (χ4v) is 1.99. The Hall–Kier alpha value is -1.36. The quantitative estimate of drug-likeness (QED) is 0.772. The van der Waals surface area contributed by atoms with Crippen LogP contribution in [0.15, 0.2) is 12.3 Å². The number of hydrogen-bond acceptors (Lipinski definition) is 5. The van der Waals surface area contributed by atoms with Crippen LogP contribution in [0.4, 0.5) is 11.8 Å². The first-order chi connectivity index (χ1) is 7.70. The monoisotopic (exact) mass is 222 g/mol.